The molecule has 6 amide bonds. The zero-order valence-corrected chi connectivity index (χ0v) is 68.1. The number of amides is 6. The molecule has 30 nitrogen and oxygen atoms in total. The number of nitrogens with zero attached hydrogens (tertiary/aromatic N) is 12. The van der Waals surface area contributed by atoms with E-state index in [9.17, 15) is 47.1 Å². The highest BCUT2D eigenvalue weighted by atomic mass is 35.5. The number of urea groups is 2. The molecular weight excluding hydrogens is 1630 g/mol. The number of carboxylic acids is 2. The van der Waals surface area contributed by atoms with Gasteiger partial charge in [-0.15, -0.1) is 22.7 Å². The Morgan fingerprint density at radius 2 is 0.992 bits per heavy atom. The highest BCUT2D eigenvalue weighted by molar-refractivity contribution is 7.12. The van der Waals surface area contributed by atoms with Crippen LogP contribution in [0.15, 0.2) is 189 Å². The maximum Gasteiger partial charge on any atom is 0.338 e. The number of aliphatic carboxylic acids is 2. The third-order valence-corrected chi connectivity index (χ3v) is 24.0. The summed E-state index contributed by atoms with van der Waals surface area (Å²) in [5, 5.41) is 29.9. The molecular formula is C84H82Cl2F2N14O16S2. The normalized spacial score (nSPS) is 20.7. The van der Waals surface area contributed by atoms with Crippen molar-refractivity contribution in [1.29, 1.82) is 0 Å². The number of carboxylic acid groups (broad SMARTS) is 2. The van der Waals surface area contributed by atoms with Crippen molar-refractivity contribution in [2.24, 2.45) is 9.98 Å². The summed E-state index contributed by atoms with van der Waals surface area (Å²) < 4.78 is 61.9. The highest BCUT2D eigenvalue weighted by Gasteiger charge is 2.45. The number of ether oxygens (including phenoxy) is 6. The minimum absolute atomic E-state index is 0.0169. The topological polar surface area (TPSA) is 333 Å². The van der Waals surface area contributed by atoms with Gasteiger partial charge in [0.1, 0.15) is 46.7 Å². The molecule has 6 atom stereocenters. The van der Waals surface area contributed by atoms with Crippen LogP contribution < -0.4 is 29.9 Å². The van der Waals surface area contributed by atoms with Gasteiger partial charge in [-0.1, -0.05) is 35.3 Å². The first kappa shape index (κ1) is 83.3. The van der Waals surface area contributed by atoms with Crippen molar-refractivity contribution >= 4 is 117 Å². The number of fused-ring (bicyclic) bond motifs is 2. The summed E-state index contributed by atoms with van der Waals surface area (Å²) in [6.07, 6.45) is 3.60. The average molecular weight is 1720 g/mol. The van der Waals surface area contributed by atoms with Crippen LogP contribution in [0.25, 0.3) is 0 Å². The first-order chi connectivity index (χ1) is 58.1. The Morgan fingerprint density at radius 3 is 1.43 bits per heavy atom. The number of carbonyl (C=O) groups is 8. The summed E-state index contributed by atoms with van der Waals surface area (Å²) in [4.78, 5) is 136. The smallest absolute Gasteiger partial charge is 0.338 e. The summed E-state index contributed by atoms with van der Waals surface area (Å²) in [6.45, 7) is 6.79. The summed E-state index contributed by atoms with van der Waals surface area (Å²) in [6, 6.07) is 33.5. The van der Waals surface area contributed by atoms with Gasteiger partial charge in [-0.3, -0.25) is 48.8 Å². The van der Waals surface area contributed by atoms with E-state index >= 15 is 0 Å². The van der Waals surface area contributed by atoms with Gasteiger partial charge in [0.15, 0.2) is 21.7 Å². The van der Waals surface area contributed by atoms with Gasteiger partial charge in [-0.2, -0.15) is 0 Å². The molecule has 120 heavy (non-hydrogen) atoms. The van der Waals surface area contributed by atoms with E-state index in [1.165, 1.54) is 73.3 Å². The Kier molecular flexibility index (Phi) is 25.9. The minimum Gasteiger partial charge on any atom is -0.481 e. The second kappa shape index (κ2) is 37.3. The maximum atomic E-state index is 14.1. The number of carbonyl (C=O) groups excluding carboxylic acids is 6. The number of anilines is 2. The third kappa shape index (κ3) is 18.9. The number of benzene rings is 6. The maximum absolute atomic E-state index is 14.1. The summed E-state index contributed by atoms with van der Waals surface area (Å²) in [5.41, 5.74) is 4.89. The summed E-state index contributed by atoms with van der Waals surface area (Å²) in [5.74, 6) is -1.32. The molecule has 36 heteroatoms. The number of morpholine rings is 2. The van der Waals surface area contributed by atoms with Gasteiger partial charge in [0.25, 0.3) is 11.8 Å². The number of halogens is 4. The Morgan fingerprint density at radius 1 is 0.542 bits per heavy atom. The SMILES string of the molecule is COC(=O)C1=C(CN2CCN3C(=O)N(c4ccc(Oc5ccc(C(=O)N6CCOC[C@@H]6CCC(=O)O)cc5)cc4)C[C@@H]3C2)NC(c2nccs2)=N[C@H]1c1ccc(F)cc1Cl.COC(=O)C1=C(CN2CCN3C(=O)N(c4ccc(Oc5ccc(C(=O)N6CCO[C@H](CCC(=O)O)C6)cc5)cc4)C[C@@H]3C2)NC(c2nccs2)=N[C@H]1c1ccc(F)cc1Cl. The number of amidine groups is 2. The van der Waals surface area contributed by atoms with Crippen molar-refractivity contribution in [1.82, 2.24) is 50.0 Å². The Balaban J connectivity index is 0.000000187. The molecule has 8 aliphatic heterocycles. The van der Waals surface area contributed by atoms with Crippen molar-refractivity contribution in [2.75, 3.05) is 129 Å². The van der Waals surface area contributed by atoms with Gasteiger partial charge < -0.3 is 68.9 Å². The van der Waals surface area contributed by atoms with Crippen LogP contribution in [0.5, 0.6) is 23.0 Å². The second-order valence-corrected chi connectivity index (χ2v) is 31.9. The quantitative estimate of drug-likeness (QED) is 0.0408. The Labute approximate surface area is 705 Å². The van der Waals surface area contributed by atoms with Crippen LogP contribution in [-0.2, 0) is 38.1 Å². The van der Waals surface area contributed by atoms with Crippen LogP contribution in [0, 0.1) is 11.6 Å². The number of methoxy groups -OCH3 is 2. The lowest BCUT2D eigenvalue weighted by Gasteiger charge is -2.38. The fourth-order valence-electron chi connectivity index (χ4n) is 15.8. The van der Waals surface area contributed by atoms with Crippen molar-refractivity contribution in [2.45, 2.75) is 62.0 Å². The molecule has 0 saturated carbocycles. The summed E-state index contributed by atoms with van der Waals surface area (Å²) >= 11 is 15.8. The van der Waals surface area contributed by atoms with Crippen molar-refractivity contribution in [3.8, 4) is 23.0 Å². The van der Waals surface area contributed by atoms with Crippen LogP contribution in [0.1, 0.15) is 79.6 Å². The molecule has 10 heterocycles. The van der Waals surface area contributed by atoms with E-state index < -0.39 is 47.6 Å². The molecule has 0 bridgehead atoms. The van der Waals surface area contributed by atoms with E-state index in [-0.39, 0.29) is 82.1 Å². The molecule has 6 aromatic carbocycles. The van der Waals surface area contributed by atoms with E-state index in [2.05, 4.69) is 30.4 Å². The van der Waals surface area contributed by atoms with E-state index in [0.29, 0.717) is 202 Å². The molecule has 624 valence electrons. The number of hydrogen-bond donors (Lipinski definition) is 4. The zero-order valence-electron chi connectivity index (χ0n) is 64.9. The third-order valence-electron chi connectivity index (χ3n) is 21.7. The molecule has 0 unspecified atom stereocenters. The average Bonchev–Trinajstić information content (AvgIpc) is 0.906. The van der Waals surface area contributed by atoms with Crippen LogP contribution in [0.3, 0.4) is 0 Å². The predicted molar refractivity (Wildman–Crippen MR) is 440 cm³/mol. The molecule has 0 aliphatic carbocycles. The largest absolute Gasteiger partial charge is 0.481 e. The predicted octanol–water partition coefficient (Wildman–Crippen LogP) is 11.2. The number of esters is 2. The molecule has 8 aromatic rings. The van der Waals surface area contributed by atoms with E-state index in [0.717, 1.165) is 5.69 Å². The molecule has 0 spiro atoms. The molecule has 6 saturated heterocycles. The summed E-state index contributed by atoms with van der Waals surface area (Å²) in [7, 11) is 2.59. The number of piperazine rings is 2. The fraction of sp³-hybridized carbons (Fsp3) is 0.333. The lowest BCUT2D eigenvalue weighted by molar-refractivity contribution is -0.139. The molecule has 0 radical (unpaired) electrons. The molecule has 4 N–H and O–H groups in total. The van der Waals surface area contributed by atoms with Gasteiger partial charge in [0.2, 0.25) is 0 Å². The Hall–Kier alpha value is -11.8. The Bertz CT molecular complexity index is 5310. The molecule has 8 aliphatic rings. The lowest BCUT2D eigenvalue weighted by atomic mass is 9.95. The molecule has 6 fully saturated rings. The van der Waals surface area contributed by atoms with Crippen molar-refractivity contribution < 1.29 is 85.8 Å². The number of rotatable bonds is 24. The highest BCUT2D eigenvalue weighted by Crippen LogP contribution is 2.41. The minimum atomic E-state index is -0.915. The number of nitrogens with one attached hydrogen (secondary N) is 2. The van der Waals surface area contributed by atoms with E-state index in [1.807, 2.05) is 44.8 Å². The lowest BCUT2D eigenvalue weighted by Crippen LogP contribution is -2.53. The van der Waals surface area contributed by atoms with Crippen LogP contribution in [-0.4, -0.2) is 252 Å². The van der Waals surface area contributed by atoms with E-state index in [4.69, 9.17) is 71.8 Å². The van der Waals surface area contributed by atoms with Crippen molar-refractivity contribution in [3.63, 3.8) is 0 Å². The van der Waals surface area contributed by atoms with Crippen LogP contribution in [0.4, 0.5) is 29.7 Å². The zero-order chi connectivity index (χ0) is 83.8. The second-order valence-electron chi connectivity index (χ2n) is 29.3. The molecule has 2 aromatic heterocycles. The molecule has 16 rings (SSSR count). The number of aromatic nitrogens is 2. The van der Waals surface area contributed by atoms with Crippen LogP contribution in [0.2, 0.25) is 10.0 Å². The van der Waals surface area contributed by atoms with Crippen LogP contribution >= 0.6 is 45.9 Å². The van der Waals surface area contributed by atoms with E-state index in [1.54, 1.807) is 105 Å². The van der Waals surface area contributed by atoms with Gasteiger partial charge >= 0.3 is 35.9 Å². The first-order valence-corrected chi connectivity index (χ1v) is 41.2. The standard InChI is InChI=1S/2C42H41ClFN7O8S/c1-57-41(55)36-34(46-38(39-45-14-19-60-39)47-37(36)32-12-4-26(44)20-33(32)43)23-48-15-16-50-29(21-48)22-51(42(50)56)27-5-10-31(11-6-27)59-30-8-2-25(3-9-30)40(54)49-17-18-58-24-28(49)7-13-35(52)53;1-57-41(55)36-34(46-38(39-45-14-19-60-39)47-37(36)32-12-4-26(44)20-33(32)43)24-48-15-16-50-28(21-48)22-51(42(50)56)27-5-9-30(10-6-27)59-29-7-2-25(3-8-29)40(54)49-17-18-58-31(23-49)11-13-35(52)53/h2-6,8-12,14,19-20,28-29,37H,7,13,15-18,21-24H2,1H3,(H,46,47)(H,52,53);2-10,12,14,19-20,28,31,37H,11,13,15-18,21-24H2,1H3,(H,46,47)(H,52,53)/t28-,29-,37-;28-,31+,37-/m00/s1. The monoisotopic (exact) mass is 1710 g/mol. The first-order valence-electron chi connectivity index (χ1n) is 38.7. The van der Waals surface area contributed by atoms with Crippen molar-refractivity contribution in [3.05, 3.63) is 233 Å². The van der Waals surface area contributed by atoms with Gasteiger partial charge in [-0.05, 0) is 134 Å². The van der Waals surface area contributed by atoms with Gasteiger partial charge in [-0.25, -0.2) is 37.9 Å². The number of aliphatic imine (C=N–C) groups is 2. The van der Waals surface area contributed by atoms with Gasteiger partial charge in [0, 0.05) is 176 Å². The van der Waals surface area contributed by atoms with Gasteiger partial charge in [0.05, 0.1) is 69.4 Å². The number of hydrogen-bond acceptors (Lipinski definition) is 24. The number of thiazole rings is 2. The fourth-order valence-corrected chi connectivity index (χ4v) is 17.5.